The molecular weight excluding hydrogens is 593 g/mol. The highest BCUT2D eigenvalue weighted by Gasteiger charge is 2.25. The van der Waals surface area contributed by atoms with E-state index in [0.29, 0.717) is 40.3 Å². The van der Waals surface area contributed by atoms with Gasteiger partial charge >= 0.3 is 11.7 Å². The Kier molecular flexibility index (Phi) is 8.18. The third-order valence-electron chi connectivity index (χ3n) is 7.39. The third kappa shape index (κ3) is 5.87. The van der Waals surface area contributed by atoms with Crippen LogP contribution < -0.4 is 11.2 Å². The van der Waals surface area contributed by atoms with Crippen molar-refractivity contribution >= 4 is 40.3 Å². The molecule has 0 amide bonds. The van der Waals surface area contributed by atoms with Crippen molar-refractivity contribution in [3.8, 4) is 17.1 Å². The smallest absolute Gasteiger partial charge is 0.333 e. The van der Waals surface area contributed by atoms with Gasteiger partial charge in [0, 0.05) is 35.9 Å². The van der Waals surface area contributed by atoms with E-state index in [1.165, 1.54) is 4.57 Å². The number of benzene rings is 3. The molecule has 3 heterocycles. The summed E-state index contributed by atoms with van der Waals surface area (Å²) in [5.41, 5.74) is 1.58. The molecule has 0 spiro atoms. The van der Waals surface area contributed by atoms with Gasteiger partial charge in [0.05, 0.1) is 24.8 Å². The van der Waals surface area contributed by atoms with Gasteiger partial charge in [-0.1, -0.05) is 59.6 Å². The largest absolute Gasteiger partial charge is 0.480 e. The van der Waals surface area contributed by atoms with Crippen LogP contribution in [-0.4, -0.2) is 61.0 Å². The van der Waals surface area contributed by atoms with Crippen LogP contribution in [0.15, 0.2) is 82.4 Å². The van der Waals surface area contributed by atoms with Gasteiger partial charge < -0.3 is 9.84 Å². The van der Waals surface area contributed by atoms with Gasteiger partial charge in [0.25, 0.3) is 5.56 Å². The van der Waals surface area contributed by atoms with Gasteiger partial charge in [-0.2, -0.15) is 0 Å². The SMILES string of the molecule is O=C(O)Cn1c(=O)c2c(nc(-c3ccccc3Cl)n2-c2ccc(Cl)cc2)n(Cc2ccc(CN3CCOCC3)cc2)c1=O. The number of hydrogen-bond donors (Lipinski definition) is 1. The third-order valence-corrected chi connectivity index (χ3v) is 7.97. The minimum absolute atomic E-state index is 0.0435. The fourth-order valence-electron chi connectivity index (χ4n) is 5.27. The molecule has 0 atom stereocenters. The van der Waals surface area contributed by atoms with E-state index in [4.69, 9.17) is 32.9 Å². The van der Waals surface area contributed by atoms with Crippen molar-refractivity contribution in [2.75, 3.05) is 26.3 Å². The Morgan fingerprint density at radius 2 is 1.51 bits per heavy atom. The number of carbonyl (C=O) groups is 1. The highest BCUT2D eigenvalue weighted by molar-refractivity contribution is 6.33. The predicted octanol–water partition coefficient (Wildman–Crippen LogP) is 4.29. The van der Waals surface area contributed by atoms with Crippen molar-refractivity contribution in [2.24, 2.45) is 0 Å². The van der Waals surface area contributed by atoms with Gasteiger partial charge in [0.15, 0.2) is 11.2 Å². The number of rotatable bonds is 8. The van der Waals surface area contributed by atoms with Gasteiger partial charge in [0.2, 0.25) is 0 Å². The molecule has 6 rings (SSSR count). The zero-order valence-corrected chi connectivity index (χ0v) is 24.5. The number of carboxylic acids is 1. The Morgan fingerprint density at radius 1 is 0.860 bits per heavy atom. The van der Waals surface area contributed by atoms with Crippen LogP contribution in [0, 0.1) is 0 Å². The molecule has 0 saturated carbocycles. The van der Waals surface area contributed by atoms with Gasteiger partial charge in [-0.15, -0.1) is 0 Å². The second-order valence-electron chi connectivity index (χ2n) is 10.3. The summed E-state index contributed by atoms with van der Waals surface area (Å²) >= 11 is 12.7. The molecule has 1 aliphatic rings. The molecule has 10 nitrogen and oxygen atoms in total. The van der Waals surface area contributed by atoms with Crippen LogP contribution in [0.3, 0.4) is 0 Å². The molecular formula is C31H27Cl2N5O5. The lowest BCUT2D eigenvalue weighted by atomic mass is 10.1. The summed E-state index contributed by atoms with van der Waals surface area (Å²) in [6.07, 6.45) is 0. The van der Waals surface area contributed by atoms with E-state index in [0.717, 1.165) is 35.3 Å². The van der Waals surface area contributed by atoms with Crippen molar-refractivity contribution in [1.29, 1.82) is 0 Å². The number of fused-ring (bicyclic) bond motifs is 1. The molecule has 0 bridgehead atoms. The molecule has 0 unspecified atom stereocenters. The Labute approximate surface area is 255 Å². The van der Waals surface area contributed by atoms with Crippen molar-refractivity contribution in [2.45, 2.75) is 19.6 Å². The zero-order chi connectivity index (χ0) is 30.1. The summed E-state index contributed by atoms with van der Waals surface area (Å²) in [4.78, 5) is 46.5. The summed E-state index contributed by atoms with van der Waals surface area (Å²) < 4.78 is 9.09. The number of aliphatic carboxylic acids is 1. The number of nitrogens with zero attached hydrogens (tertiary/aromatic N) is 5. The van der Waals surface area contributed by atoms with E-state index < -0.39 is 23.8 Å². The van der Waals surface area contributed by atoms with Gasteiger partial charge in [-0.25, -0.2) is 14.3 Å². The highest BCUT2D eigenvalue weighted by atomic mass is 35.5. The first-order chi connectivity index (χ1) is 20.8. The van der Waals surface area contributed by atoms with Crippen LogP contribution in [0.25, 0.3) is 28.2 Å². The van der Waals surface area contributed by atoms with Gasteiger partial charge in [0.1, 0.15) is 12.4 Å². The first-order valence-electron chi connectivity index (χ1n) is 13.7. The van der Waals surface area contributed by atoms with Crippen LogP contribution in [0.4, 0.5) is 0 Å². The first-order valence-corrected chi connectivity index (χ1v) is 14.4. The first kappa shape index (κ1) is 28.9. The molecule has 1 aliphatic heterocycles. The molecule has 12 heteroatoms. The summed E-state index contributed by atoms with van der Waals surface area (Å²) in [7, 11) is 0. The van der Waals surface area contributed by atoms with Gasteiger partial charge in [-0.05, 0) is 47.5 Å². The summed E-state index contributed by atoms with van der Waals surface area (Å²) in [5, 5.41) is 10.5. The molecule has 1 saturated heterocycles. The van der Waals surface area contributed by atoms with E-state index >= 15 is 0 Å². The van der Waals surface area contributed by atoms with E-state index in [9.17, 15) is 19.5 Å². The molecule has 3 aromatic carbocycles. The fourth-order valence-corrected chi connectivity index (χ4v) is 5.62. The van der Waals surface area contributed by atoms with Crippen molar-refractivity contribution in [3.63, 3.8) is 0 Å². The quantitative estimate of drug-likeness (QED) is 0.276. The van der Waals surface area contributed by atoms with E-state index in [-0.39, 0.29) is 17.7 Å². The zero-order valence-electron chi connectivity index (χ0n) is 23.0. The normalized spacial score (nSPS) is 13.9. The Morgan fingerprint density at radius 3 is 2.16 bits per heavy atom. The Balaban J connectivity index is 1.54. The van der Waals surface area contributed by atoms with Gasteiger partial charge in [-0.3, -0.25) is 23.6 Å². The molecule has 2 aromatic heterocycles. The maximum Gasteiger partial charge on any atom is 0.333 e. The monoisotopic (exact) mass is 619 g/mol. The number of halogens is 2. The molecule has 5 aromatic rings. The number of imidazole rings is 1. The van der Waals surface area contributed by atoms with Crippen molar-refractivity contribution in [3.05, 3.63) is 115 Å². The van der Waals surface area contributed by atoms with Crippen LogP contribution >= 0.6 is 23.2 Å². The molecule has 1 fully saturated rings. The second kappa shape index (κ2) is 12.2. The van der Waals surface area contributed by atoms with Crippen LogP contribution in [-0.2, 0) is 29.2 Å². The predicted molar refractivity (Wildman–Crippen MR) is 164 cm³/mol. The molecule has 43 heavy (non-hydrogen) atoms. The number of hydrogen-bond acceptors (Lipinski definition) is 6. The van der Waals surface area contributed by atoms with E-state index in [2.05, 4.69) is 4.90 Å². The highest BCUT2D eigenvalue weighted by Crippen LogP contribution is 2.32. The average molecular weight is 620 g/mol. The average Bonchev–Trinajstić information content (AvgIpc) is 3.40. The standard InChI is InChI=1S/C31H27Cl2N5O5/c32-22-9-11-23(12-10-22)38-27-29(34-28(38)24-3-1-2-4-25(24)33)36(31(42)37(30(27)41)19-26(39)40)18-21-7-5-20(6-8-21)17-35-13-15-43-16-14-35/h1-12H,13-19H2,(H,39,40). The summed E-state index contributed by atoms with van der Waals surface area (Å²) in [6, 6.07) is 21.7. The number of ether oxygens (including phenoxy) is 1. The number of carboxylic acid groups (broad SMARTS) is 1. The summed E-state index contributed by atoms with van der Waals surface area (Å²) in [5.74, 6) is -0.997. The van der Waals surface area contributed by atoms with Crippen LogP contribution in [0.2, 0.25) is 10.0 Å². The Hall–Kier alpha value is -4.22. The van der Waals surface area contributed by atoms with E-state index in [1.54, 1.807) is 53.1 Å². The minimum Gasteiger partial charge on any atom is -0.480 e. The lowest BCUT2D eigenvalue weighted by Gasteiger charge is -2.26. The summed E-state index contributed by atoms with van der Waals surface area (Å²) in [6.45, 7) is 3.19. The molecule has 220 valence electrons. The van der Waals surface area contributed by atoms with Crippen molar-refractivity contribution in [1.82, 2.24) is 23.6 Å². The number of aromatic nitrogens is 4. The Bertz CT molecular complexity index is 1920. The van der Waals surface area contributed by atoms with E-state index in [1.807, 2.05) is 24.3 Å². The minimum atomic E-state index is -1.32. The van der Waals surface area contributed by atoms with Crippen LogP contribution in [0.1, 0.15) is 11.1 Å². The second-order valence-corrected chi connectivity index (χ2v) is 11.1. The topological polar surface area (TPSA) is 112 Å². The molecule has 1 N–H and O–H groups in total. The molecule has 0 aliphatic carbocycles. The maximum absolute atomic E-state index is 13.9. The fraction of sp³-hybridized carbons (Fsp3) is 0.226. The lowest BCUT2D eigenvalue weighted by molar-refractivity contribution is -0.137. The molecule has 0 radical (unpaired) electrons. The lowest BCUT2D eigenvalue weighted by Crippen LogP contribution is -2.42. The number of morpholine rings is 1. The maximum atomic E-state index is 13.9. The van der Waals surface area contributed by atoms with Crippen molar-refractivity contribution < 1.29 is 14.6 Å². The van der Waals surface area contributed by atoms with Crippen LogP contribution in [0.5, 0.6) is 0 Å².